The molecule has 20 heavy (non-hydrogen) atoms. The largest absolute Gasteiger partial charge is 0.365 e. The van der Waals surface area contributed by atoms with Crippen LogP contribution in [0, 0.1) is 5.92 Å². The molecule has 0 aliphatic rings. The fourth-order valence-corrected chi connectivity index (χ4v) is 1.93. The molecule has 0 radical (unpaired) electrons. The van der Waals surface area contributed by atoms with Gasteiger partial charge in [-0.15, -0.1) is 0 Å². The second-order valence-electron chi connectivity index (χ2n) is 5.50. The molecule has 1 aromatic rings. The smallest absolute Gasteiger partial charge is 0.239 e. The number of hydrogen-bond donors (Lipinski definition) is 2. The first-order chi connectivity index (χ1) is 9.52. The third-order valence-corrected chi connectivity index (χ3v) is 3.01. The van der Waals surface area contributed by atoms with E-state index in [-0.39, 0.29) is 5.91 Å². The van der Waals surface area contributed by atoms with Crippen molar-refractivity contribution >= 4 is 11.6 Å². The molecule has 0 unspecified atom stereocenters. The van der Waals surface area contributed by atoms with E-state index in [1.165, 1.54) is 5.56 Å². The lowest BCUT2D eigenvalue weighted by Crippen LogP contribution is -2.34. The second-order valence-corrected chi connectivity index (χ2v) is 5.50. The van der Waals surface area contributed by atoms with Crippen LogP contribution in [0.25, 0.3) is 0 Å². The third kappa shape index (κ3) is 6.06. The van der Waals surface area contributed by atoms with Crippen LogP contribution < -0.4 is 15.5 Å². The number of anilines is 1. The van der Waals surface area contributed by atoms with Gasteiger partial charge in [0.25, 0.3) is 0 Å². The van der Waals surface area contributed by atoms with Gasteiger partial charge in [-0.2, -0.15) is 0 Å². The normalized spacial score (nSPS) is 10.7. The van der Waals surface area contributed by atoms with Crippen LogP contribution >= 0.6 is 0 Å². The van der Waals surface area contributed by atoms with Crippen molar-refractivity contribution in [1.82, 2.24) is 10.6 Å². The van der Waals surface area contributed by atoms with Gasteiger partial charge in [0.2, 0.25) is 5.91 Å². The molecule has 0 aliphatic heterocycles. The van der Waals surface area contributed by atoms with E-state index in [2.05, 4.69) is 48.7 Å². The summed E-state index contributed by atoms with van der Waals surface area (Å²) in [7, 11) is 1.93. The Morgan fingerprint density at radius 3 is 2.45 bits per heavy atom. The van der Waals surface area contributed by atoms with E-state index in [9.17, 15) is 4.79 Å². The highest BCUT2D eigenvalue weighted by molar-refractivity contribution is 5.81. The van der Waals surface area contributed by atoms with Crippen molar-refractivity contribution in [1.29, 1.82) is 0 Å². The molecule has 0 saturated heterocycles. The first-order valence-electron chi connectivity index (χ1n) is 7.30. The number of likely N-dealkylation sites (N-methyl/N-ethyl adjacent to an activating group) is 2. The number of carbonyl (C=O) groups is 1. The molecule has 0 spiro atoms. The number of carbonyl (C=O) groups excluding carboxylic acids is 1. The van der Waals surface area contributed by atoms with Gasteiger partial charge in [0, 0.05) is 25.8 Å². The van der Waals surface area contributed by atoms with E-state index in [0.29, 0.717) is 19.0 Å². The molecule has 0 bridgehead atoms. The van der Waals surface area contributed by atoms with Gasteiger partial charge < -0.3 is 15.5 Å². The summed E-state index contributed by atoms with van der Waals surface area (Å²) in [5.74, 6) is 0.718. The number of benzene rings is 1. The van der Waals surface area contributed by atoms with Gasteiger partial charge in [-0.3, -0.25) is 4.79 Å². The van der Waals surface area contributed by atoms with Gasteiger partial charge in [0.15, 0.2) is 0 Å². The van der Waals surface area contributed by atoms with Crippen LogP contribution in [0.4, 0.5) is 5.69 Å². The summed E-state index contributed by atoms with van der Waals surface area (Å²) in [5.41, 5.74) is 2.32. The number of nitrogens with zero attached hydrogens (tertiary/aromatic N) is 1. The number of nitrogens with one attached hydrogen (secondary N) is 2. The number of rotatable bonds is 8. The van der Waals surface area contributed by atoms with Gasteiger partial charge in [-0.25, -0.2) is 0 Å². The Labute approximate surface area is 122 Å². The predicted molar refractivity (Wildman–Crippen MR) is 84.9 cm³/mol. The highest BCUT2D eigenvalue weighted by atomic mass is 16.1. The Morgan fingerprint density at radius 1 is 1.25 bits per heavy atom. The monoisotopic (exact) mass is 277 g/mol. The predicted octanol–water partition coefficient (Wildman–Crippen LogP) is 2.00. The van der Waals surface area contributed by atoms with Gasteiger partial charge in [0.05, 0.1) is 6.54 Å². The Hall–Kier alpha value is -1.55. The average molecular weight is 277 g/mol. The van der Waals surface area contributed by atoms with E-state index in [4.69, 9.17) is 0 Å². The molecule has 1 amide bonds. The maximum atomic E-state index is 11.5. The Balaban J connectivity index is 2.46. The quantitative estimate of drug-likeness (QED) is 0.764. The van der Waals surface area contributed by atoms with E-state index in [1.807, 2.05) is 18.9 Å². The Bertz CT molecular complexity index is 401. The van der Waals surface area contributed by atoms with Crippen molar-refractivity contribution in [2.75, 3.05) is 31.6 Å². The fourth-order valence-electron chi connectivity index (χ4n) is 1.93. The SMILES string of the molecule is CCNC(=O)CN(C)c1ccc(CNCC(C)C)cc1. The van der Waals surface area contributed by atoms with Crippen LogP contribution in [-0.4, -0.2) is 32.6 Å². The molecule has 2 N–H and O–H groups in total. The zero-order valence-corrected chi connectivity index (χ0v) is 13.1. The highest BCUT2D eigenvalue weighted by Crippen LogP contribution is 2.13. The van der Waals surface area contributed by atoms with Crippen LogP contribution in [0.15, 0.2) is 24.3 Å². The minimum Gasteiger partial charge on any atom is -0.365 e. The van der Waals surface area contributed by atoms with Crippen LogP contribution in [0.2, 0.25) is 0 Å². The van der Waals surface area contributed by atoms with Crippen molar-refractivity contribution in [2.24, 2.45) is 5.92 Å². The molecule has 0 aromatic heterocycles. The number of amides is 1. The summed E-state index contributed by atoms with van der Waals surface area (Å²) in [6, 6.07) is 8.34. The minimum atomic E-state index is 0.0534. The topological polar surface area (TPSA) is 44.4 Å². The molecule has 0 atom stereocenters. The van der Waals surface area contributed by atoms with E-state index in [1.54, 1.807) is 0 Å². The minimum absolute atomic E-state index is 0.0534. The van der Waals surface area contributed by atoms with Crippen molar-refractivity contribution < 1.29 is 4.79 Å². The first-order valence-corrected chi connectivity index (χ1v) is 7.30. The molecule has 0 saturated carbocycles. The molecule has 0 aliphatic carbocycles. The lowest BCUT2D eigenvalue weighted by Gasteiger charge is -2.19. The zero-order valence-electron chi connectivity index (χ0n) is 13.1. The molecule has 112 valence electrons. The van der Waals surface area contributed by atoms with Crippen molar-refractivity contribution in [3.63, 3.8) is 0 Å². The van der Waals surface area contributed by atoms with Crippen LogP contribution in [0.3, 0.4) is 0 Å². The van der Waals surface area contributed by atoms with Crippen molar-refractivity contribution in [3.8, 4) is 0 Å². The van der Waals surface area contributed by atoms with Crippen molar-refractivity contribution in [2.45, 2.75) is 27.3 Å². The summed E-state index contributed by atoms with van der Waals surface area (Å²) in [4.78, 5) is 13.5. The lowest BCUT2D eigenvalue weighted by molar-refractivity contribution is -0.119. The summed E-state index contributed by atoms with van der Waals surface area (Å²) in [6.07, 6.45) is 0. The summed E-state index contributed by atoms with van der Waals surface area (Å²) >= 11 is 0. The van der Waals surface area contributed by atoms with E-state index in [0.717, 1.165) is 18.8 Å². The summed E-state index contributed by atoms with van der Waals surface area (Å²) < 4.78 is 0. The molecule has 1 aromatic carbocycles. The Morgan fingerprint density at radius 2 is 1.90 bits per heavy atom. The third-order valence-electron chi connectivity index (χ3n) is 3.01. The molecule has 4 heteroatoms. The van der Waals surface area contributed by atoms with Crippen molar-refractivity contribution in [3.05, 3.63) is 29.8 Å². The van der Waals surface area contributed by atoms with Crippen LogP contribution in [0.5, 0.6) is 0 Å². The molecule has 4 nitrogen and oxygen atoms in total. The zero-order chi connectivity index (χ0) is 15.0. The standard InChI is InChI=1S/C16H27N3O/c1-5-18-16(20)12-19(4)15-8-6-14(7-9-15)11-17-10-13(2)3/h6-9,13,17H,5,10-12H2,1-4H3,(H,18,20). The maximum absolute atomic E-state index is 11.5. The lowest BCUT2D eigenvalue weighted by atomic mass is 10.1. The molecular formula is C16H27N3O. The van der Waals surface area contributed by atoms with Crippen LogP contribution in [-0.2, 0) is 11.3 Å². The van der Waals surface area contributed by atoms with Gasteiger partial charge >= 0.3 is 0 Å². The second kappa shape index (κ2) is 8.59. The number of hydrogen-bond acceptors (Lipinski definition) is 3. The maximum Gasteiger partial charge on any atom is 0.239 e. The van der Waals surface area contributed by atoms with E-state index >= 15 is 0 Å². The van der Waals surface area contributed by atoms with Gasteiger partial charge in [0.1, 0.15) is 0 Å². The van der Waals surface area contributed by atoms with Gasteiger partial charge in [-0.05, 0) is 37.1 Å². The highest BCUT2D eigenvalue weighted by Gasteiger charge is 2.06. The summed E-state index contributed by atoms with van der Waals surface area (Å²) in [5, 5.41) is 6.23. The molecule has 0 fully saturated rings. The fraction of sp³-hybridized carbons (Fsp3) is 0.562. The Kier molecular flexibility index (Phi) is 7.09. The molecule has 0 heterocycles. The average Bonchev–Trinajstić information content (AvgIpc) is 2.39. The van der Waals surface area contributed by atoms with Gasteiger partial charge in [-0.1, -0.05) is 26.0 Å². The first kappa shape index (κ1) is 16.5. The summed E-state index contributed by atoms with van der Waals surface area (Å²) in [6.45, 7) is 9.30. The van der Waals surface area contributed by atoms with Crippen LogP contribution in [0.1, 0.15) is 26.3 Å². The molecular weight excluding hydrogens is 250 g/mol. The molecule has 1 rings (SSSR count). The van der Waals surface area contributed by atoms with E-state index < -0.39 is 0 Å².